The van der Waals surface area contributed by atoms with Gasteiger partial charge in [-0.1, -0.05) is 15.9 Å². The van der Waals surface area contributed by atoms with E-state index in [1.165, 1.54) is 0 Å². The maximum absolute atomic E-state index is 7.96. The lowest BCUT2D eigenvalue weighted by Crippen LogP contribution is -1.89. The normalized spacial score (nSPS) is 15.0. The van der Waals surface area contributed by atoms with Crippen molar-refractivity contribution in [1.29, 1.82) is 0 Å². The van der Waals surface area contributed by atoms with Crippen LogP contribution in [-0.2, 0) is 0 Å². The fourth-order valence-corrected chi connectivity index (χ4v) is 0. The van der Waals surface area contributed by atoms with Gasteiger partial charge < -0.3 is 5.11 Å². The largest absolute Gasteiger partial charge is 0.394 e. The van der Waals surface area contributed by atoms with Crippen molar-refractivity contribution in [3.05, 3.63) is 0 Å². The van der Waals surface area contributed by atoms with E-state index in [1.807, 2.05) is 0 Å². The van der Waals surface area contributed by atoms with Crippen molar-refractivity contribution in [3.63, 3.8) is 0 Å². The molecule has 0 amide bonds. The van der Waals surface area contributed by atoms with Crippen LogP contribution in [0.25, 0.3) is 0 Å². The van der Waals surface area contributed by atoms with E-state index in [-0.39, 0.29) is 10.9 Å². The van der Waals surface area contributed by atoms with Gasteiger partial charge >= 0.3 is 0 Å². The molecule has 0 aliphatic heterocycles. The molecule has 0 spiro atoms. The van der Waals surface area contributed by atoms with Gasteiger partial charge in [0.1, 0.15) is 4.29 Å². The quantitative estimate of drug-likeness (QED) is 0.565. The Bertz CT molecular complexity index is 23.6. The number of hydrogen-bond donors (Lipinski definition) is 1. The number of halogens is 2. The molecule has 0 aromatic rings. The predicted molar refractivity (Wildman–Crippen MR) is 25.7 cm³/mol. The summed E-state index contributed by atoms with van der Waals surface area (Å²) in [6.07, 6.45) is 0. The molecule has 5 heavy (non-hydrogen) atoms. The minimum atomic E-state index is -0.275. The van der Waals surface area contributed by atoms with Crippen molar-refractivity contribution in [2.45, 2.75) is 4.29 Å². The standard InChI is InChI=1S/C2H4BrClO/c3-2(4)1-5/h2,5H,1H2. The molecule has 1 unspecified atom stereocenters. The first-order valence-electron chi connectivity index (χ1n) is 1.16. The van der Waals surface area contributed by atoms with Crippen molar-refractivity contribution in [1.82, 2.24) is 0 Å². The van der Waals surface area contributed by atoms with Crippen molar-refractivity contribution in [2.24, 2.45) is 0 Å². The molecule has 32 valence electrons. The number of hydrogen-bond acceptors (Lipinski definition) is 1. The molecule has 1 N–H and O–H groups in total. The Morgan fingerprint density at radius 1 is 2.00 bits per heavy atom. The van der Waals surface area contributed by atoms with E-state index in [0.29, 0.717) is 0 Å². The van der Waals surface area contributed by atoms with E-state index < -0.39 is 0 Å². The summed E-state index contributed by atoms with van der Waals surface area (Å²) in [4.78, 5) is 0. The van der Waals surface area contributed by atoms with Crippen LogP contribution in [0.1, 0.15) is 0 Å². The van der Waals surface area contributed by atoms with E-state index in [0.717, 1.165) is 0 Å². The average Bonchev–Trinajstić information content (AvgIpc) is 1.38. The third-order valence-corrected chi connectivity index (χ3v) is 0.566. The van der Waals surface area contributed by atoms with Crippen LogP contribution in [-0.4, -0.2) is 16.0 Å². The Hall–Kier alpha value is 0.730. The van der Waals surface area contributed by atoms with E-state index in [2.05, 4.69) is 15.9 Å². The second kappa shape index (κ2) is 2.94. The Morgan fingerprint density at radius 2 is 2.20 bits per heavy atom. The van der Waals surface area contributed by atoms with Crippen LogP contribution in [0.2, 0.25) is 0 Å². The van der Waals surface area contributed by atoms with Gasteiger partial charge in [0.15, 0.2) is 0 Å². The van der Waals surface area contributed by atoms with Gasteiger partial charge in [-0.05, 0) is 0 Å². The van der Waals surface area contributed by atoms with Crippen molar-refractivity contribution in [3.8, 4) is 0 Å². The van der Waals surface area contributed by atoms with Crippen LogP contribution in [0.5, 0.6) is 0 Å². The van der Waals surface area contributed by atoms with Gasteiger partial charge in [0.05, 0.1) is 6.61 Å². The molecule has 0 radical (unpaired) electrons. The van der Waals surface area contributed by atoms with Crippen LogP contribution in [0.15, 0.2) is 0 Å². The number of rotatable bonds is 1. The molecule has 0 saturated carbocycles. The Balaban J connectivity index is 2.54. The molecule has 3 heteroatoms. The predicted octanol–water partition coefficient (Wildman–Crippen LogP) is 0.939. The molecule has 0 aromatic heterocycles. The molecule has 0 aromatic carbocycles. The lowest BCUT2D eigenvalue weighted by atomic mass is 10.9. The summed E-state index contributed by atoms with van der Waals surface area (Å²) < 4.78 is -0.275. The first-order valence-corrected chi connectivity index (χ1v) is 2.51. The zero-order valence-corrected chi connectivity index (χ0v) is 4.83. The summed E-state index contributed by atoms with van der Waals surface area (Å²) >= 11 is 8.02. The highest BCUT2D eigenvalue weighted by Crippen LogP contribution is 2.00. The Labute approximate surface area is 44.1 Å². The number of alkyl halides is 2. The van der Waals surface area contributed by atoms with Gasteiger partial charge in [0.2, 0.25) is 0 Å². The lowest BCUT2D eigenvalue weighted by Gasteiger charge is -1.84. The summed E-state index contributed by atoms with van der Waals surface area (Å²) in [5.74, 6) is 0. The topological polar surface area (TPSA) is 20.2 Å². The third kappa shape index (κ3) is 4.73. The smallest absolute Gasteiger partial charge is 0.112 e. The van der Waals surface area contributed by atoms with Gasteiger partial charge in [0, 0.05) is 0 Å². The highest BCUT2D eigenvalue weighted by atomic mass is 79.9. The van der Waals surface area contributed by atoms with Gasteiger partial charge in [-0.15, -0.1) is 11.6 Å². The van der Waals surface area contributed by atoms with Gasteiger partial charge in [-0.2, -0.15) is 0 Å². The molecular formula is C2H4BrClO. The molecule has 0 aliphatic carbocycles. The molecule has 1 atom stereocenters. The van der Waals surface area contributed by atoms with Gasteiger partial charge in [0.25, 0.3) is 0 Å². The van der Waals surface area contributed by atoms with Crippen molar-refractivity contribution < 1.29 is 5.11 Å². The fraction of sp³-hybridized carbons (Fsp3) is 1.00. The van der Waals surface area contributed by atoms with Crippen LogP contribution in [0.4, 0.5) is 0 Å². The summed E-state index contributed by atoms with van der Waals surface area (Å²) in [7, 11) is 0. The average molecular weight is 159 g/mol. The maximum atomic E-state index is 7.96. The van der Waals surface area contributed by atoms with E-state index in [4.69, 9.17) is 16.7 Å². The van der Waals surface area contributed by atoms with Gasteiger partial charge in [-0.25, -0.2) is 0 Å². The van der Waals surface area contributed by atoms with Crippen LogP contribution in [0, 0.1) is 0 Å². The van der Waals surface area contributed by atoms with Crippen LogP contribution in [0.3, 0.4) is 0 Å². The minimum absolute atomic E-state index is 0.0123. The SMILES string of the molecule is OCC(Cl)Br. The highest BCUT2D eigenvalue weighted by molar-refractivity contribution is 9.10. The van der Waals surface area contributed by atoms with Crippen molar-refractivity contribution in [2.75, 3.05) is 6.61 Å². The van der Waals surface area contributed by atoms with Gasteiger partial charge in [-0.3, -0.25) is 0 Å². The van der Waals surface area contributed by atoms with Crippen LogP contribution < -0.4 is 0 Å². The molecule has 0 fully saturated rings. The summed E-state index contributed by atoms with van der Waals surface area (Å²) in [5.41, 5.74) is 0. The number of aliphatic hydroxyl groups excluding tert-OH is 1. The molecule has 0 saturated heterocycles. The fourth-order valence-electron chi connectivity index (χ4n) is 0. The van der Waals surface area contributed by atoms with E-state index >= 15 is 0 Å². The highest BCUT2D eigenvalue weighted by Gasteiger charge is 1.87. The lowest BCUT2D eigenvalue weighted by molar-refractivity contribution is 0.315. The van der Waals surface area contributed by atoms with Crippen molar-refractivity contribution >= 4 is 27.5 Å². The maximum Gasteiger partial charge on any atom is 0.112 e. The van der Waals surface area contributed by atoms with E-state index in [9.17, 15) is 0 Å². The molecule has 0 aliphatic rings. The molecule has 1 nitrogen and oxygen atoms in total. The molecular weight excluding hydrogens is 155 g/mol. The second-order valence-electron chi connectivity index (χ2n) is 0.574. The number of aliphatic hydroxyl groups is 1. The summed E-state index contributed by atoms with van der Waals surface area (Å²) in [5, 5.41) is 7.96. The summed E-state index contributed by atoms with van der Waals surface area (Å²) in [6, 6.07) is 0. The first kappa shape index (κ1) is 5.73. The molecule has 0 heterocycles. The van der Waals surface area contributed by atoms with Crippen LogP contribution >= 0.6 is 27.5 Å². The second-order valence-corrected chi connectivity index (χ2v) is 2.73. The van der Waals surface area contributed by atoms with E-state index in [1.54, 1.807) is 0 Å². The zero-order valence-electron chi connectivity index (χ0n) is 2.49. The zero-order chi connectivity index (χ0) is 4.28. The monoisotopic (exact) mass is 158 g/mol. The Kier molecular flexibility index (Phi) is 3.37. The summed E-state index contributed by atoms with van der Waals surface area (Å²) in [6.45, 7) is -0.0123. The minimum Gasteiger partial charge on any atom is -0.394 e. The Morgan fingerprint density at radius 3 is 2.20 bits per heavy atom. The third-order valence-electron chi connectivity index (χ3n) is 0.138. The molecule has 0 bridgehead atoms. The first-order chi connectivity index (χ1) is 2.27. The molecule has 0 rings (SSSR count).